The Morgan fingerprint density at radius 3 is 2.55 bits per heavy atom. The van der Waals surface area contributed by atoms with Gasteiger partial charge in [0.1, 0.15) is 5.69 Å². The summed E-state index contributed by atoms with van der Waals surface area (Å²) in [6, 6.07) is 0. The Morgan fingerprint density at radius 1 is 1.40 bits per heavy atom. The summed E-state index contributed by atoms with van der Waals surface area (Å²) in [5, 5.41) is 4.14. The molecule has 1 aliphatic heterocycles. The van der Waals surface area contributed by atoms with Gasteiger partial charge in [0.05, 0.1) is 24.4 Å². The van der Waals surface area contributed by atoms with Crippen LogP contribution in [0, 0.1) is 18.8 Å². The molecule has 1 fully saturated rings. The van der Waals surface area contributed by atoms with Crippen LogP contribution in [0.25, 0.3) is 0 Å². The molecule has 0 radical (unpaired) electrons. The van der Waals surface area contributed by atoms with Crippen molar-refractivity contribution in [2.24, 2.45) is 18.9 Å². The minimum absolute atomic E-state index is 0.0712. The molecule has 2 unspecified atom stereocenters. The molecular formula is C13H20N4O3. The molecule has 2 heterocycles. The number of nitrogens with zero attached hydrogens (tertiary/aromatic N) is 3. The number of rotatable bonds is 2. The minimum atomic E-state index is -0.278. The average molecular weight is 280 g/mol. The molecule has 7 heteroatoms. The number of aryl methyl sites for hydroxylation is 2. The van der Waals surface area contributed by atoms with E-state index in [1.54, 1.807) is 18.9 Å². The van der Waals surface area contributed by atoms with Crippen LogP contribution in [0.15, 0.2) is 0 Å². The van der Waals surface area contributed by atoms with Crippen LogP contribution in [0.1, 0.15) is 23.1 Å². The first kappa shape index (κ1) is 14.4. The van der Waals surface area contributed by atoms with Gasteiger partial charge in [-0.05, 0) is 12.8 Å². The summed E-state index contributed by atoms with van der Waals surface area (Å²) in [7, 11) is 3.05. The van der Waals surface area contributed by atoms with E-state index in [9.17, 15) is 9.59 Å². The highest BCUT2D eigenvalue weighted by atomic mass is 16.5. The van der Waals surface area contributed by atoms with Gasteiger partial charge >= 0.3 is 5.97 Å². The van der Waals surface area contributed by atoms with E-state index in [2.05, 4.69) is 5.10 Å². The van der Waals surface area contributed by atoms with Gasteiger partial charge in [-0.1, -0.05) is 6.92 Å². The van der Waals surface area contributed by atoms with Crippen molar-refractivity contribution in [3.63, 3.8) is 0 Å². The summed E-state index contributed by atoms with van der Waals surface area (Å²) in [5.41, 5.74) is 7.31. The molecule has 1 aliphatic rings. The molecule has 110 valence electrons. The number of anilines is 1. The smallest absolute Gasteiger partial charge is 0.310 e. The van der Waals surface area contributed by atoms with Crippen molar-refractivity contribution in [2.45, 2.75) is 13.8 Å². The second kappa shape index (κ2) is 5.15. The molecular weight excluding hydrogens is 260 g/mol. The van der Waals surface area contributed by atoms with E-state index in [1.807, 2.05) is 6.92 Å². The number of hydrogen-bond donors (Lipinski definition) is 1. The van der Waals surface area contributed by atoms with Crippen molar-refractivity contribution in [3.05, 3.63) is 11.4 Å². The lowest BCUT2D eigenvalue weighted by Gasteiger charge is -2.16. The number of hydrogen-bond acceptors (Lipinski definition) is 5. The molecule has 7 nitrogen and oxygen atoms in total. The van der Waals surface area contributed by atoms with Crippen LogP contribution in [0.4, 0.5) is 5.69 Å². The number of aromatic nitrogens is 2. The maximum Gasteiger partial charge on any atom is 0.310 e. The van der Waals surface area contributed by atoms with Gasteiger partial charge in [-0.2, -0.15) is 5.10 Å². The summed E-state index contributed by atoms with van der Waals surface area (Å²) in [5.74, 6) is -0.674. The van der Waals surface area contributed by atoms with E-state index >= 15 is 0 Å². The van der Waals surface area contributed by atoms with Gasteiger partial charge < -0.3 is 15.4 Å². The first-order valence-electron chi connectivity index (χ1n) is 6.53. The fourth-order valence-corrected chi connectivity index (χ4v) is 2.67. The number of carbonyl (C=O) groups is 2. The Balaban J connectivity index is 2.21. The van der Waals surface area contributed by atoms with Crippen molar-refractivity contribution >= 4 is 17.6 Å². The number of nitrogen functional groups attached to an aromatic ring is 1. The SMILES string of the molecule is COC(=O)C1CN(C(=O)c2c(N)c(C)nn2C)CC1C. The first-order valence-corrected chi connectivity index (χ1v) is 6.53. The summed E-state index contributed by atoms with van der Waals surface area (Å²) in [6.45, 7) is 4.57. The summed E-state index contributed by atoms with van der Waals surface area (Å²) < 4.78 is 6.26. The number of ether oxygens (including phenoxy) is 1. The Kier molecular flexibility index (Phi) is 3.69. The Bertz CT molecular complexity index is 552. The summed E-state index contributed by atoms with van der Waals surface area (Å²) >= 11 is 0. The standard InChI is InChI=1S/C13H20N4O3/c1-7-5-17(6-9(7)13(19)20-4)12(18)11-10(14)8(2)15-16(11)3/h7,9H,5-6,14H2,1-4H3. The predicted octanol–water partition coefficient (Wildman–Crippen LogP) is 0.192. The molecule has 0 aliphatic carbocycles. The quantitative estimate of drug-likeness (QED) is 0.781. The molecule has 2 rings (SSSR count). The lowest BCUT2D eigenvalue weighted by molar-refractivity contribution is -0.146. The fraction of sp³-hybridized carbons (Fsp3) is 0.615. The van der Waals surface area contributed by atoms with Gasteiger partial charge in [-0.3, -0.25) is 14.3 Å². The number of methoxy groups -OCH3 is 1. The Morgan fingerprint density at radius 2 is 2.05 bits per heavy atom. The lowest BCUT2D eigenvalue weighted by Crippen LogP contribution is -2.32. The van der Waals surface area contributed by atoms with Crippen LogP contribution >= 0.6 is 0 Å². The second-order valence-corrected chi connectivity index (χ2v) is 5.29. The Labute approximate surface area is 117 Å². The average Bonchev–Trinajstić information content (AvgIpc) is 2.90. The third kappa shape index (κ3) is 2.23. The largest absolute Gasteiger partial charge is 0.469 e. The third-order valence-electron chi connectivity index (χ3n) is 3.87. The van der Waals surface area contributed by atoms with Crippen LogP contribution < -0.4 is 5.73 Å². The maximum absolute atomic E-state index is 12.5. The highest BCUT2D eigenvalue weighted by Gasteiger charge is 2.39. The maximum atomic E-state index is 12.5. The van der Waals surface area contributed by atoms with Crippen LogP contribution in [0.2, 0.25) is 0 Å². The van der Waals surface area contributed by atoms with Crippen LogP contribution in [-0.2, 0) is 16.6 Å². The number of esters is 1. The van der Waals surface area contributed by atoms with Gasteiger partial charge in [0, 0.05) is 20.1 Å². The Hall–Kier alpha value is -2.05. The predicted molar refractivity (Wildman–Crippen MR) is 72.9 cm³/mol. The van der Waals surface area contributed by atoms with Crippen molar-refractivity contribution in [3.8, 4) is 0 Å². The highest BCUT2D eigenvalue weighted by Crippen LogP contribution is 2.27. The zero-order valence-electron chi connectivity index (χ0n) is 12.2. The van der Waals surface area contributed by atoms with E-state index in [4.69, 9.17) is 10.5 Å². The zero-order valence-corrected chi connectivity index (χ0v) is 12.2. The summed E-state index contributed by atoms with van der Waals surface area (Å²) in [4.78, 5) is 25.8. The molecule has 0 saturated carbocycles. The number of likely N-dealkylation sites (tertiary alicyclic amines) is 1. The molecule has 20 heavy (non-hydrogen) atoms. The number of nitrogens with two attached hydrogens (primary N) is 1. The van der Waals surface area contributed by atoms with Crippen LogP contribution in [0.3, 0.4) is 0 Å². The highest BCUT2D eigenvalue weighted by molar-refractivity contribution is 5.98. The van der Waals surface area contributed by atoms with E-state index in [0.717, 1.165) is 0 Å². The van der Waals surface area contributed by atoms with E-state index in [0.29, 0.717) is 30.2 Å². The van der Waals surface area contributed by atoms with E-state index in [-0.39, 0.29) is 23.7 Å². The number of carbonyl (C=O) groups excluding carboxylic acids is 2. The van der Waals surface area contributed by atoms with Crippen molar-refractivity contribution in [1.29, 1.82) is 0 Å². The molecule has 1 amide bonds. The molecule has 0 spiro atoms. The monoisotopic (exact) mass is 280 g/mol. The fourth-order valence-electron chi connectivity index (χ4n) is 2.67. The molecule has 1 aromatic heterocycles. The van der Waals surface area contributed by atoms with Crippen molar-refractivity contribution in [2.75, 3.05) is 25.9 Å². The minimum Gasteiger partial charge on any atom is -0.469 e. The van der Waals surface area contributed by atoms with Crippen LogP contribution in [0.5, 0.6) is 0 Å². The first-order chi connectivity index (χ1) is 9.36. The van der Waals surface area contributed by atoms with Crippen molar-refractivity contribution in [1.82, 2.24) is 14.7 Å². The molecule has 0 aromatic carbocycles. The molecule has 2 atom stereocenters. The molecule has 1 aromatic rings. The zero-order chi connectivity index (χ0) is 15.0. The lowest BCUT2D eigenvalue weighted by atomic mass is 9.99. The van der Waals surface area contributed by atoms with Crippen LogP contribution in [-0.4, -0.2) is 46.8 Å². The molecule has 2 N–H and O–H groups in total. The van der Waals surface area contributed by atoms with Gasteiger partial charge in [-0.25, -0.2) is 0 Å². The van der Waals surface area contributed by atoms with E-state index < -0.39 is 0 Å². The van der Waals surface area contributed by atoms with E-state index in [1.165, 1.54) is 11.8 Å². The van der Waals surface area contributed by atoms with Crippen molar-refractivity contribution < 1.29 is 14.3 Å². The third-order valence-corrected chi connectivity index (χ3v) is 3.87. The van der Waals surface area contributed by atoms with Gasteiger partial charge in [0.25, 0.3) is 5.91 Å². The topological polar surface area (TPSA) is 90.4 Å². The van der Waals surface area contributed by atoms with Gasteiger partial charge in [0.2, 0.25) is 0 Å². The summed E-state index contributed by atoms with van der Waals surface area (Å²) in [6.07, 6.45) is 0. The van der Waals surface area contributed by atoms with Gasteiger partial charge in [0.15, 0.2) is 0 Å². The van der Waals surface area contributed by atoms with Gasteiger partial charge in [-0.15, -0.1) is 0 Å². The molecule has 0 bridgehead atoms. The second-order valence-electron chi connectivity index (χ2n) is 5.29. The molecule has 1 saturated heterocycles. The normalized spacial score (nSPS) is 22.1. The number of amides is 1.